The van der Waals surface area contributed by atoms with Gasteiger partial charge in [-0.3, -0.25) is 14.4 Å². The monoisotopic (exact) mass is 863 g/mol. The molecule has 0 unspecified atom stereocenters. The lowest BCUT2D eigenvalue weighted by Crippen LogP contribution is -2.69. The molecule has 3 aliphatic rings. The lowest BCUT2D eigenvalue weighted by atomic mass is 9.88. The summed E-state index contributed by atoms with van der Waals surface area (Å²) in [5.74, 6) is -7.36. The van der Waals surface area contributed by atoms with Gasteiger partial charge < -0.3 is 111 Å². The number of carbonyl (C=O) groups is 4. The van der Waals surface area contributed by atoms with Crippen LogP contribution in [0.2, 0.25) is 0 Å². The third-order valence-corrected chi connectivity index (χ3v) is 10.0. The molecule has 0 saturated carbocycles. The van der Waals surface area contributed by atoms with Crippen LogP contribution in [0.25, 0.3) is 0 Å². The first kappa shape index (κ1) is 50.5. The molecule has 26 nitrogen and oxygen atoms in total. The number of carboxylic acid groups (broad SMARTS) is 1. The average Bonchev–Trinajstić information content (AvgIpc) is 3.17. The van der Waals surface area contributed by atoms with Crippen molar-refractivity contribution < 1.29 is 114 Å². The van der Waals surface area contributed by atoms with Gasteiger partial charge in [0.1, 0.15) is 79.3 Å². The van der Waals surface area contributed by atoms with Gasteiger partial charge >= 0.3 is 5.97 Å². The third-order valence-electron chi connectivity index (χ3n) is 10.0. The maximum Gasteiger partial charge on any atom is 0.364 e. The fourth-order valence-electron chi connectivity index (χ4n) is 6.89. The normalized spacial score (nSPS) is 38.2. The molecule has 3 saturated heterocycles. The Morgan fingerprint density at radius 3 is 1.92 bits per heavy atom. The minimum absolute atomic E-state index is 0.771. The first-order chi connectivity index (χ1) is 27.5. The van der Waals surface area contributed by atoms with Crippen molar-refractivity contribution in [3.8, 4) is 0 Å². The van der Waals surface area contributed by atoms with E-state index in [2.05, 4.69) is 16.0 Å². The summed E-state index contributed by atoms with van der Waals surface area (Å²) in [6.45, 7) is 0.0640. The summed E-state index contributed by atoms with van der Waals surface area (Å²) < 4.78 is 33.8. The molecule has 3 heterocycles. The number of hydrogen-bond acceptors (Lipinski definition) is 22. The second kappa shape index (κ2) is 21.8. The largest absolute Gasteiger partial charge is 0.477 e. The Bertz CT molecular complexity index is 1400. The van der Waals surface area contributed by atoms with Gasteiger partial charge in [0.15, 0.2) is 12.6 Å². The van der Waals surface area contributed by atoms with Gasteiger partial charge in [0.25, 0.3) is 5.79 Å². The zero-order chi connectivity index (χ0) is 44.7. The van der Waals surface area contributed by atoms with E-state index in [4.69, 9.17) is 28.4 Å². The summed E-state index contributed by atoms with van der Waals surface area (Å²) in [6, 6.07) is -4.93. The van der Waals surface area contributed by atoms with Crippen LogP contribution < -0.4 is 16.0 Å². The van der Waals surface area contributed by atoms with E-state index < -0.39 is 178 Å². The van der Waals surface area contributed by atoms with E-state index in [1.54, 1.807) is 0 Å². The van der Waals surface area contributed by atoms with Gasteiger partial charge in [-0.15, -0.1) is 0 Å². The topological polar surface area (TPSA) is 423 Å². The highest BCUT2D eigenvalue weighted by Crippen LogP contribution is 2.35. The van der Waals surface area contributed by atoms with E-state index in [1.807, 2.05) is 0 Å². The Labute approximate surface area is 336 Å². The van der Waals surface area contributed by atoms with Gasteiger partial charge in [0.05, 0.1) is 50.7 Å². The van der Waals surface area contributed by atoms with E-state index in [1.165, 1.54) is 6.92 Å². The Balaban J connectivity index is 1.98. The Kier molecular flexibility index (Phi) is 18.7. The van der Waals surface area contributed by atoms with Gasteiger partial charge in [0.2, 0.25) is 17.7 Å². The van der Waals surface area contributed by atoms with E-state index in [0.29, 0.717) is 0 Å². The summed E-state index contributed by atoms with van der Waals surface area (Å²) in [5, 5.41) is 144. The number of carbonyl (C=O) groups excluding carboxylic acids is 3. The molecule has 0 aliphatic carbocycles. The molecule has 3 fully saturated rings. The lowest BCUT2D eigenvalue weighted by Gasteiger charge is -2.48. The maximum absolute atomic E-state index is 12.6. The van der Waals surface area contributed by atoms with Gasteiger partial charge in [0, 0.05) is 27.2 Å². The number of hydrogen-bond donors (Lipinski definition) is 16. The van der Waals surface area contributed by atoms with Crippen LogP contribution in [-0.2, 0) is 47.6 Å². The van der Waals surface area contributed by atoms with Gasteiger partial charge in [-0.1, -0.05) is 0 Å². The predicted octanol–water partition coefficient (Wildman–Crippen LogP) is -9.45. The summed E-state index contributed by atoms with van der Waals surface area (Å²) in [7, 11) is 0. The van der Waals surface area contributed by atoms with E-state index in [-0.39, 0.29) is 0 Å². The summed E-state index contributed by atoms with van der Waals surface area (Å²) in [5.41, 5.74) is 0. The molecular formula is C33H57N3O23. The summed E-state index contributed by atoms with van der Waals surface area (Å²) >= 11 is 0. The quantitative estimate of drug-likeness (QED) is 0.0573. The molecule has 0 bridgehead atoms. The molecule has 0 aromatic rings. The molecule has 0 radical (unpaired) electrons. The molecule has 3 rings (SSSR count). The molecule has 26 heteroatoms. The van der Waals surface area contributed by atoms with Crippen LogP contribution in [0.5, 0.6) is 0 Å². The van der Waals surface area contributed by atoms with Crippen molar-refractivity contribution in [2.75, 3.05) is 26.4 Å². The van der Waals surface area contributed by atoms with E-state index in [9.17, 15) is 85.6 Å². The zero-order valence-corrected chi connectivity index (χ0v) is 32.4. The van der Waals surface area contributed by atoms with Crippen molar-refractivity contribution in [2.24, 2.45) is 0 Å². The van der Waals surface area contributed by atoms with E-state index in [0.717, 1.165) is 20.8 Å². The highest BCUT2D eigenvalue weighted by atomic mass is 16.7. The molecule has 0 aromatic heterocycles. The first-order valence-corrected chi connectivity index (χ1v) is 18.5. The fourth-order valence-corrected chi connectivity index (χ4v) is 6.89. The maximum atomic E-state index is 12.6. The van der Waals surface area contributed by atoms with Crippen LogP contribution in [0.1, 0.15) is 34.1 Å². The second-order valence-electron chi connectivity index (χ2n) is 14.6. The van der Waals surface area contributed by atoms with Crippen LogP contribution in [0.4, 0.5) is 0 Å². The second-order valence-corrected chi connectivity index (χ2v) is 14.6. The van der Waals surface area contributed by atoms with Crippen LogP contribution in [-0.4, -0.2) is 238 Å². The number of aliphatic hydroxyl groups excluding tert-OH is 12. The number of aliphatic carboxylic acids is 1. The molecule has 3 amide bonds. The van der Waals surface area contributed by atoms with Gasteiger partial charge in [-0.2, -0.15) is 0 Å². The highest BCUT2D eigenvalue weighted by molar-refractivity contribution is 5.76. The van der Waals surface area contributed by atoms with Crippen molar-refractivity contribution in [3.05, 3.63) is 0 Å². The number of ether oxygens (including phenoxy) is 6. The van der Waals surface area contributed by atoms with Crippen molar-refractivity contribution in [3.63, 3.8) is 0 Å². The molecule has 3 aliphatic heterocycles. The molecule has 20 atom stereocenters. The number of amides is 3. The minimum atomic E-state index is -2.98. The smallest absolute Gasteiger partial charge is 0.364 e. The van der Waals surface area contributed by atoms with E-state index >= 15 is 0 Å². The standard InChI is InChI=1S/C33H57N3O23/c1-10-21(46)25(50)26(51)31(55-10)58-28-20(36-13(4)42)30(56-18(8-39)24(28)49)57-27(14(6-37)34-11(2)40)23(48)17(45)9-54-33(32(52)53)5-15(43)19(35-12(3)41)29(59-33)22(47)16(44)7-38/h10,14-31,37-39,43-51H,5-9H2,1-4H3,(H,34,40)(H,35,41)(H,36,42)(H,52,53)/t10-,14-,15-,16+,17+,18+,19+,20+,21+,22+,23-,24-,25+,26-,27+,28+,29+,30+,31-,33+/m0/s1. The Morgan fingerprint density at radius 1 is 0.780 bits per heavy atom. The van der Waals surface area contributed by atoms with Crippen LogP contribution in [0, 0.1) is 0 Å². The lowest BCUT2D eigenvalue weighted by molar-refractivity contribution is -0.348. The highest BCUT2D eigenvalue weighted by Gasteiger charge is 2.57. The SMILES string of the molecule is CC(=O)N[C@H]1[C@@H](O[C@@H]([C@@H](O)[C@H](O)CO[C@]2(C(=O)O)C[C@H](O)[C@@H](NC(C)=O)[C@H]([C@H](O)[C@H](O)CO)O2)[C@H](CO)NC(C)=O)O[C@H](CO)[C@H](O)[C@@H]1O[C@@H]1O[C@@H](C)[C@@H](O)[C@@H](O)[C@@H]1O. The Hall–Kier alpha value is -2.84. The van der Waals surface area contributed by atoms with Gasteiger partial charge in [-0.25, -0.2) is 4.79 Å². The fraction of sp³-hybridized carbons (Fsp3) is 0.879. The van der Waals surface area contributed by atoms with Crippen molar-refractivity contribution in [1.82, 2.24) is 16.0 Å². The van der Waals surface area contributed by atoms with Crippen LogP contribution in [0.15, 0.2) is 0 Å². The molecule has 16 N–H and O–H groups in total. The predicted molar refractivity (Wildman–Crippen MR) is 187 cm³/mol. The number of aliphatic hydroxyl groups is 12. The number of carboxylic acids is 1. The Morgan fingerprint density at radius 2 is 1.39 bits per heavy atom. The molecule has 0 spiro atoms. The number of rotatable bonds is 19. The van der Waals surface area contributed by atoms with Crippen molar-refractivity contribution >= 4 is 23.7 Å². The minimum Gasteiger partial charge on any atom is -0.477 e. The summed E-state index contributed by atoms with van der Waals surface area (Å²) in [6.07, 6.45) is -31.0. The zero-order valence-electron chi connectivity index (χ0n) is 32.4. The van der Waals surface area contributed by atoms with Crippen LogP contribution >= 0.6 is 0 Å². The third kappa shape index (κ3) is 12.2. The number of nitrogens with one attached hydrogen (secondary N) is 3. The molecule has 59 heavy (non-hydrogen) atoms. The first-order valence-electron chi connectivity index (χ1n) is 18.5. The van der Waals surface area contributed by atoms with Gasteiger partial charge in [-0.05, 0) is 6.92 Å². The summed E-state index contributed by atoms with van der Waals surface area (Å²) in [4.78, 5) is 49.1. The van der Waals surface area contributed by atoms with Crippen molar-refractivity contribution in [1.29, 1.82) is 0 Å². The van der Waals surface area contributed by atoms with Crippen LogP contribution in [0.3, 0.4) is 0 Å². The van der Waals surface area contributed by atoms with Crippen molar-refractivity contribution in [2.45, 2.75) is 156 Å². The average molecular weight is 864 g/mol. The molecular weight excluding hydrogens is 806 g/mol. The molecule has 0 aromatic carbocycles. The molecule has 342 valence electrons.